The maximum atomic E-state index is 11.8. The van der Waals surface area contributed by atoms with Crippen molar-refractivity contribution in [3.05, 3.63) is 33.8 Å². The van der Waals surface area contributed by atoms with Crippen molar-refractivity contribution >= 4 is 35.0 Å². The maximum Gasteiger partial charge on any atom is 0.251 e. The highest BCUT2D eigenvalue weighted by atomic mass is 35.5. The molecule has 0 fully saturated rings. The fourth-order valence-corrected chi connectivity index (χ4v) is 1.66. The molecule has 1 aromatic rings. The summed E-state index contributed by atoms with van der Waals surface area (Å²) in [5.74, 6) is -0.622. The topological polar surface area (TPSA) is 58.2 Å². The van der Waals surface area contributed by atoms with E-state index in [4.69, 9.17) is 23.2 Å². The first-order valence-corrected chi connectivity index (χ1v) is 6.49. The fraction of sp³-hybridized carbons (Fsp3) is 0.385. The van der Waals surface area contributed by atoms with Crippen LogP contribution in [0.1, 0.15) is 31.1 Å². The smallest absolute Gasteiger partial charge is 0.251 e. The molecule has 4 nitrogen and oxygen atoms in total. The molecule has 0 unspecified atom stereocenters. The predicted molar refractivity (Wildman–Crippen MR) is 76.7 cm³/mol. The lowest BCUT2D eigenvalue weighted by Gasteiger charge is -2.20. The van der Waals surface area contributed by atoms with Crippen molar-refractivity contribution in [2.24, 2.45) is 0 Å². The van der Waals surface area contributed by atoms with E-state index >= 15 is 0 Å². The zero-order valence-corrected chi connectivity index (χ0v) is 12.5. The third kappa shape index (κ3) is 5.49. The molecular weight excluding hydrogens is 287 g/mol. The molecule has 2 N–H and O–H groups in total. The Kier molecular flexibility index (Phi) is 5.20. The molecular formula is C13H16Cl2N2O2. The number of nitrogens with one attached hydrogen (secondary N) is 2. The first-order chi connectivity index (χ1) is 8.69. The highest BCUT2D eigenvalue weighted by Gasteiger charge is 2.15. The molecule has 0 aliphatic carbocycles. The summed E-state index contributed by atoms with van der Waals surface area (Å²) in [6.07, 6.45) is 0. The Hall–Kier alpha value is -1.26. The highest BCUT2D eigenvalue weighted by Crippen LogP contribution is 2.22. The summed E-state index contributed by atoms with van der Waals surface area (Å²) in [6, 6.07) is 4.54. The van der Waals surface area contributed by atoms with Gasteiger partial charge in [0.05, 0.1) is 16.6 Å². The molecule has 0 heterocycles. The fourth-order valence-electron chi connectivity index (χ4n) is 1.36. The van der Waals surface area contributed by atoms with Crippen LogP contribution in [0.15, 0.2) is 18.2 Å². The minimum Gasteiger partial charge on any atom is -0.350 e. The van der Waals surface area contributed by atoms with E-state index in [1.807, 2.05) is 20.8 Å². The molecule has 6 heteroatoms. The van der Waals surface area contributed by atoms with Gasteiger partial charge in [-0.2, -0.15) is 0 Å². The molecule has 0 spiro atoms. The van der Waals surface area contributed by atoms with Crippen LogP contribution in [-0.4, -0.2) is 23.9 Å². The van der Waals surface area contributed by atoms with Crippen LogP contribution in [0.4, 0.5) is 0 Å². The number of amides is 2. The van der Waals surface area contributed by atoms with Crippen LogP contribution in [0.25, 0.3) is 0 Å². The molecule has 104 valence electrons. The van der Waals surface area contributed by atoms with Gasteiger partial charge in [-0.3, -0.25) is 9.59 Å². The Morgan fingerprint density at radius 1 is 1.16 bits per heavy atom. The molecule has 0 aliphatic rings. The Morgan fingerprint density at radius 2 is 1.79 bits per heavy atom. The number of hydrogen-bond acceptors (Lipinski definition) is 2. The monoisotopic (exact) mass is 302 g/mol. The molecule has 1 aromatic carbocycles. The molecule has 0 atom stereocenters. The standard InChI is InChI=1S/C13H16Cl2N2O2/c1-13(2,3)17-11(18)7-16-12(19)8-4-5-9(14)10(15)6-8/h4-6H,7H2,1-3H3,(H,16,19)(H,17,18). The summed E-state index contributed by atoms with van der Waals surface area (Å²) in [7, 11) is 0. The van der Waals surface area contributed by atoms with Gasteiger partial charge in [-0.25, -0.2) is 0 Å². The predicted octanol–water partition coefficient (Wildman–Crippen LogP) is 2.64. The van der Waals surface area contributed by atoms with E-state index in [-0.39, 0.29) is 23.9 Å². The molecule has 0 aromatic heterocycles. The van der Waals surface area contributed by atoms with Crippen molar-refractivity contribution < 1.29 is 9.59 Å². The second kappa shape index (κ2) is 6.26. The SMILES string of the molecule is CC(C)(C)NC(=O)CNC(=O)c1ccc(Cl)c(Cl)c1. The number of halogens is 2. The van der Waals surface area contributed by atoms with Gasteiger partial charge in [-0.15, -0.1) is 0 Å². The van der Waals surface area contributed by atoms with E-state index in [9.17, 15) is 9.59 Å². The third-order valence-electron chi connectivity index (χ3n) is 2.11. The minimum atomic E-state index is -0.373. The van der Waals surface area contributed by atoms with Crippen molar-refractivity contribution in [3.63, 3.8) is 0 Å². The summed E-state index contributed by atoms with van der Waals surface area (Å²) in [4.78, 5) is 23.3. The van der Waals surface area contributed by atoms with Gasteiger partial charge < -0.3 is 10.6 Å². The van der Waals surface area contributed by atoms with Crippen LogP contribution in [0.3, 0.4) is 0 Å². The van der Waals surface area contributed by atoms with Gasteiger partial charge in [-0.05, 0) is 39.0 Å². The van der Waals surface area contributed by atoms with Gasteiger partial charge in [-0.1, -0.05) is 23.2 Å². The van der Waals surface area contributed by atoms with Crippen LogP contribution < -0.4 is 10.6 Å². The number of hydrogen-bond donors (Lipinski definition) is 2. The first-order valence-electron chi connectivity index (χ1n) is 5.73. The van der Waals surface area contributed by atoms with E-state index < -0.39 is 0 Å². The number of rotatable bonds is 3. The molecule has 2 amide bonds. The average molecular weight is 303 g/mol. The first kappa shape index (κ1) is 15.8. The van der Waals surface area contributed by atoms with Crippen molar-refractivity contribution in [1.29, 1.82) is 0 Å². The number of benzene rings is 1. The van der Waals surface area contributed by atoms with E-state index in [2.05, 4.69) is 10.6 Å². The van der Waals surface area contributed by atoms with Crippen LogP contribution in [0, 0.1) is 0 Å². The lowest BCUT2D eigenvalue weighted by Crippen LogP contribution is -2.45. The van der Waals surface area contributed by atoms with E-state index in [1.54, 1.807) is 6.07 Å². The zero-order chi connectivity index (χ0) is 14.6. The summed E-state index contributed by atoms with van der Waals surface area (Å²) in [6.45, 7) is 5.51. The van der Waals surface area contributed by atoms with E-state index in [0.717, 1.165) is 0 Å². The second-order valence-corrected chi connectivity index (χ2v) is 5.92. The molecule has 0 aliphatic heterocycles. The van der Waals surface area contributed by atoms with Crippen molar-refractivity contribution in [1.82, 2.24) is 10.6 Å². The van der Waals surface area contributed by atoms with Gasteiger partial charge in [0.1, 0.15) is 0 Å². The molecule has 0 saturated heterocycles. The molecule has 0 saturated carbocycles. The minimum absolute atomic E-state index is 0.0870. The van der Waals surface area contributed by atoms with Crippen LogP contribution in [0.5, 0.6) is 0 Å². The van der Waals surface area contributed by atoms with Crippen molar-refractivity contribution in [2.75, 3.05) is 6.54 Å². The Morgan fingerprint density at radius 3 is 2.32 bits per heavy atom. The summed E-state index contributed by atoms with van der Waals surface area (Å²) < 4.78 is 0. The zero-order valence-electron chi connectivity index (χ0n) is 11.0. The largest absolute Gasteiger partial charge is 0.350 e. The molecule has 0 radical (unpaired) electrons. The molecule has 19 heavy (non-hydrogen) atoms. The van der Waals surface area contributed by atoms with Gasteiger partial charge in [0.2, 0.25) is 5.91 Å². The molecule has 0 bridgehead atoms. The van der Waals surface area contributed by atoms with E-state index in [0.29, 0.717) is 15.6 Å². The third-order valence-corrected chi connectivity index (χ3v) is 2.84. The number of carbonyl (C=O) groups is 2. The van der Waals surface area contributed by atoms with Crippen molar-refractivity contribution in [3.8, 4) is 0 Å². The van der Waals surface area contributed by atoms with Crippen molar-refractivity contribution in [2.45, 2.75) is 26.3 Å². The summed E-state index contributed by atoms with van der Waals surface area (Å²) in [5, 5.41) is 5.94. The highest BCUT2D eigenvalue weighted by molar-refractivity contribution is 6.42. The summed E-state index contributed by atoms with van der Waals surface area (Å²) in [5.41, 5.74) is 0.0312. The van der Waals surface area contributed by atoms with Crippen LogP contribution in [0.2, 0.25) is 10.0 Å². The number of carbonyl (C=O) groups excluding carboxylic acids is 2. The quantitative estimate of drug-likeness (QED) is 0.902. The normalized spacial score (nSPS) is 11.0. The van der Waals surface area contributed by atoms with Gasteiger partial charge in [0.15, 0.2) is 0 Å². The average Bonchev–Trinajstić information content (AvgIpc) is 2.27. The summed E-state index contributed by atoms with van der Waals surface area (Å²) >= 11 is 11.6. The maximum absolute atomic E-state index is 11.8. The Labute approximate surface area is 122 Å². The lowest BCUT2D eigenvalue weighted by atomic mass is 10.1. The lowest BCUT2D eigenvalue weighted by molar-refractivity contribution is -0.121. The molecule has 1 rings (SSSR count). The van der Waals surface area contributed by atoms with E-state index in [1.165, 1.54) is 12.1 Å². The van der Waals surface area contributed by atoms with Crippen LogP contribution in [-0.2, 0) is 4.79 Å². The Balaban J connectivity index is 2.56. The van der Waals surface area contributed by atoms with Gasteiger partial charge in [0, 0.05) is 11.1 Å². The second-order valence-electron chi connectivity index (χ2n) is 5.11. The van der Waals surface area contributed by atoms with Gasteiger partial charge >= 0.3 is 0 Å². The van der Waals surface area contributed by atoms with Gasteiger partial charge in [0.25, 0.3) is 5.91 Å². The van der Waals surface area contributed by atoms with Crippen LogP contribution >= 0.6 is 23.2 Å². The Bertz CT molecular complexity index is 496.